The van der Waals surface area contributed by atoms with Crippen LogP contribution in [-0.2, 0) is 11.0 Å². The molecule has 0 unspecified atom stereocenters. The van der Waals surface area contributed by atoms with Crippen LogP contribution in [0.4, 0.5) is 13.2 Å². The lowest BCUT2D eigenvalue weighted by molar-refractivity contribution is -0.137. The number of halogens is 3. The molecule has 0 fully saturated rings. The Morgan fingerprint density at radius 3 is 2.59 bits per heavy atom. The van der Waals surface area contributed by atoms with Crippen molar-refractivity contribution in [3.63, 3.8) is 0 Å². The summed E-state index contributed by atoms with van der Waals surface area (Å²) in [6.07, 6.45) is 1.01. The average molecular weight is 261 g/mol. The van der Waals surface area contributed by atoms with Gasteiger partial charge in [-0.15, -0.1) is 11.3 Å². The average Bonchev–Trinajstić information content (AvgIpc) is 2.63. The summed E-state index contributed by atoms with van der Waals surface area (Å²) < 4.78 is 37.2. The Morgan fingerprint density at radius 1 is 1.24 bits per heavy atom. The van der Waals surface area contributed by atoms with Gasteiger partial charge in [-0.05, 0) is 30.9 Å². The van der Waals surface area contributed by atoms with Gasteiger partial charge in [-0.1, -0.05) is 0 Å². The quantitative estimate of drug-likeness (QED) is 0.771. The Balaban J connectivity index is 2.28. The number of ketones is 1. The number of alkyl halides is 3. The van der Waals surface area contributed by atoms with E-state index in [1.54, 1.807) is 0 Å². The van der Waals surface area contributed by atoms with E-state index in [1.807, 2.05) is 0 Å². The van der Waals surface area contributed by atoms with Crippen molar-refractivity contribution in [2.24, 2.45) is 0 Å². The van der Waals surface area contributed by atoms with Crippen molar-refractivity contribution in [3.05, 3.63) is 22.2 Å². The van der Waals surface area contributed by atoms with Crippen LogP contribution in [0.1, 0.15) is 35.6 Å². The molecule has 1 heterocycles. The molecule has 92 valence electrons. The minimum Gasteiger partial charge on any atom is -0.295 e. The SMILES string of the molecule is O=C1C=C(c2cnc(C(F)(F)F)s2)CCCC1. The smallest absolute Gasteiger partial charge is 0.295 e. The van der Waals surface area contributed by atoms with Gasteiger partial charge in [0.1, 0.15) is 0 Å². The van der Waals surface area contributed by atoms with E-state index < -0.39 is 11.2 Å². The van der Waals surface area contributed by atoms with Crippen LogP contribution in [0.25, 0.3) is 5.57 Å². The molecule has 1 aromatic rings. The van der Waals surface area contributed by atoms with Gasteiger partial charge in [0, 0.05) is 12.6 Å². The van der Waals surface area contributed by atoms with Crippen LogP contribution in [-0.4, -0.2) is 10.8 Å². The van der Waals surface area contributed by atoms with E-state index in [0.717, 1.165) is 12.8 Å². The topological polar surface area (TPSA) is 30.0 Å². The molecule has 17 heavy (non-hydrogen) atoms. The predicted molar refractivity (Wildman–Crippen MR) is 58.6 cm³/mol. The summed E-state index contributed by atoms with van der Waals surface area (Å²) in [6, 6.07) is 0. The molecule has 0 aliphatic heterocycles. The van der Waals surface area contributed by atoms with Crippen molar-refractivity contribution >= 4 is 22.7 Å². The van der Waals surface area contributed by atoms with Gasteiger partial charge in [0.2, 0.25) is 0 Å². The lowest BCUT2D eigenvalue weighted by Crippen LogP contribution is -2.02. The van der Waals surface area contributed by atoms with E-state index in [4.69, 9.17) is 0 Å². The number of allylic oxidation sites excluding steroid dienone is 2. The highest BCUT2D eigenvalue weighted by atomic mass is 32.1. The molecule has 0 bridgehead atoms. The van der Waals surface area contributed by atoms with E-state index in [0.29, 0.717) is 34.6 Å². The van der Waals surface area contributed by atoms with Crippen molar-refractivity contribution < 1.29 is 18.0 Å². The van der Waals surface area contributed by atoms with Crippen LogP contribution in [0.3, 0.4) is 0 Å². The Hall–Kier alpha value is -1.17. The highest BCUT2D eigenvalue weighted by Gasteiger charge is 2.34. The molecule has 1 aliphatic carbocycles. The second-order valence-electron chi connectivity index (χ2n) is 3.87. The zero-order chi connectivity index (χ0) is 12.5. The zero-order valence-electron chi connectivity index (χ0n) is 8.88. The Kier molecular flexibility index (Phi) is 3.33. The molecule has 0 aromatic carbocycles. The van der Waals surface area contributed by atoms with Gasteiger partial charge in [-0.3, -0.25) is 4.79 Å². The second kappa shape index (κ2) is 4.60. The van der Waals surface area contributed by atoms with Crippen molar-refractivity contribution in [3.8, 4) is 0 Å². The molecular formula is C11H10F3NOS. The van der Waals surface area contributed by atoms with E-state index in [9.17, 15) is 18.0 Å². The predicted octanol–water partition coefficient (Wildman–Crippen LogP) is 3.69. The van der Waals surface area contributed by atoms with E-state index in [1.165, 1.54) is 12.3 Å². The first kappa shape index (κ1) is 12.3. The summed E-state index contributed by atoms with van der Waals surface area (Å²) in [7, 11) is 0. The van der Waals surface area contributed by atoms with Gasteiger partial charge in [0.15, 0.2) is 10.8 Å². The standard InChI is InChI=1S/C11H10F3NOS/c12-11(13,14)10-15-6-9(17-10)7-3-1-2-4-8(16)5-7/h5-6H,1-4H2. The van der Waals surface area contributed by atoms with Crippen LogP contribution < -0.4 is 0 Å². The van der Waals surface area contributed by atoms with Gasteiger partial charge < -0.3 is 0 Å². The van der Waals surface area contributed by atoms with Gasteiger partial charge >= 0.3 is 6.18 Å². The van der Waals surface area contributed by atoms with Gasteiger partial charge in [0.25, 0.3) is 0 Å². The number of carbonyl (C=O) groups is 1. The van der Waals surface area contributed by atoms with Crippen molar-refractivity contribution in [1.29, 1.82) is 0 Å². The van der Waals surface area contributed by atoms with Crippen LogP contribution in [0.2, 0.25) is 0 Å². The minimum atomic E-state index is -4.40. The fourth-order valence-electron chi connectivity index (χ4n) is 1.70. The molecule has 0 saturated carbocycles. The highest BCUT2D eigenvalue weighted by molar-refractivity contribution is 7.12. The number of hydrogen-bond acceptors (Lipinski definition) is 3. The first-order valence-electron chi connectivity index (χ1n) is 5.23. The molecule has 2 rings (SSSR count). The molecule has 1 aromatic heterocycles. The first-order chi connectivity index (χ1) is 7.97. The maximum absolute atomic E-state index is 12.4. The van der Waals surface area contributed by atoms with Gasteiger partial charge in [-0.25, -0.2) is 4.98 Å². The fraction of sp³-hybridized carbons (Fsp3) is 0.455. The molecular weight excluding hydrogens is 251 g/mol. The summed E-state index contributed by atoms with van der Waals surface area (Å²) in [5.41, 5.74) is 0.681. The minimum absolute atomic E-state index is 0.0144. The van der Waals surface area contributed by atoms with Crippen molar-refractivity contribution in [2.75, 3.05) is 0 Å². The van der Waals surface area contributed by atoms with Crippen LogP contribution in [0.5, 0.6) is 0 Å². The third-order valence-electron chi connectivity index (χ3n) is 2.52. The highest BCUT2D eigenvalue weighted by Crippen LogP contribution is 2.36. The third kappa shape index (κ3) is 2.94. The Bertz CT molecular complexity index is 462. The second-order valence-corrected chi connectivity index (χ2v) is 4.90. The summed E-state index contributed by atoms with van der Waals surface area (Å²) in [5.74, 6) is -0.0144. The number of carbonyl (C=O) groups excluding carboxylic acids is 1. The summed E-state index contributed by atoms with van der Waals surface area (Å²) in [5, 5.41) is -0.856. The lowest BCUT2D eigenvalue weighted by Gasteiger charge is -2.01. The molecule has 0 atom stereocenters. The zero-order valence-corrected chi connectivity index (χ0v) is 9.70. The van der Waals surface area contributed by atoms with E-state index >= 15 is 0 Å². The third-order valence-corrected chi connectivity index (χ3v) is 3.64. The van der Waals surface area contributed by atoms with E-state index in [-0.39, 0.29) is 5.78 Å². The molecule has 0 N–H and O–H groups in total. The largest absolute Gasteiger partial charge is 0.443 e. The van der Waals surface area contributed by atoms with Crippen molar-refractivity contribution in [2.45, 2.75) is 31.9 Å². The monoisotopic (exact) mass is 261 g/mol. The molecule has 2 nitrogen and oxygen atoms in total. The number of hydrogen-bond donors (Lipinski definition) is 0. The maximum atomic E-state index is 12.4. The molecule has 1 aliphatic rings. The molecule has 0 spiro atoms. The van der Waals surface area contributed by atoms with Gasteiger partial charge in [0.05, 0.1) is 4.88 Å². The number of nitrogens with zero attached hydrogens (tertiary/aromatic N) is 1. The maximum Gasteiger partial charge on any atom is 0.443 e. The lowest BCUT2D eigenvalue weighted by atomic mass is 10.1. The van der Waals surface area contributed by atoms with Gasteiger partial charge in [-0.2, -0.15) is 13.2 Å². The van der Waals surface area contributed by atoms with E-state index in [2.05, 4.69) is 4.98 Å². The normalized spacial score (nSPS) is 17.8. The molecule has 0 saturated heterocycles. The fourth-order valence-corrected chi connectivity index (χ4v) is 2.53. The number of rotatable bonds is 1. The Morgan fingerprint density at radius 2 is 1.94 bits per heavy atom. The Labute approximate surface area is 100 Å². The van der Waals surface area contributed by atoms with Crippen LogP contribution >= 0.6 is 11.3 Å². The molecule has 0 amide bonds. The number of thiazole rings is 1. The van der Waals surface area contributed by atoms with Crippen LogP contribution in [0, 0.1) is 0 Å². The summed E-state index contributed by atoms with van der Waals surface area (Å²) >= 11 is 0.601. The summed E-state index contributed by atoms with van der Waals surface area (Å²) in [6.45, 7) is 0. The molecule has 0 radical (unpaired) electrons. The van der Waals surface area contributed by atoms with Crippen LogP contribution in [0.15, 0.2) is 12.3 Å². The van der Waals surface area contributed by atoms with Crippen molar-refractivity contribution in [1.82, 2.24) is 4.98 Å². The summed E-state index contributed by atoms with van der Waals surface area (Å²) in [4.78, 5) is 15.2. The first-order valence-corrected chi connectivity index (χ1v) is 6.05. The molecule has 6 heteroatoms. The number of aromatic nitrogens is 1.